The molecule has 0 heterocycles. The first kappa shape index (κ1) is 10.9. The van der Waals surface area contributed by atoms with E-state index in [9.17, 15) is 4.39 Å². The SMILES string of the molecule is CCc1cc(CNO)c(OC)cc1F. The van der Waals surface area contributed by atoms with E-state index in [0.29, 0.717) is 17.7 Å². The average molecular weight is 199 g/mol. The quantitative estimate of drug-likeness (QED) is 0.727. The van der Waals surface area contributed by atoms with E-state index < -0.39 is 0 Å². The molecule has 1 rings (SSSR count). The van der Waals surface area contributed by atoms with E-state index in [1.54, 1.807) is 6.07 Å². The third kappa shape index (κ3) is 2.21. The molecule has 0 atom stereocenters. The summed E-state index contributed by atoms with van der Waals surface area (Å²) < 4.78 is 18.3. The lowest BCUT2D eigenvalue weighted by Crippen LogP contribution is -2.08. The first-order valence-corrected chi connectivity index (χ1v) is 4.45. The minimum atomic E-state index is -0.272. The second-order valence-electron chi connectivity index (χ2n) is 2.94. The minimum absolute atomic E-state index is 0.246. The monoisotopic (exact) mass is 199 g/mol. The van der Waals surface area contributed by atoms with Gasteiger partial charge in [-0.1, -0.05) is 6.92 Å². The Labute approximate surface area is 82.5 Å². The van der Waals surface area contributed by atoms with Gasteiger partial charge < -0.3 is 9.94 Å². The fraction of sp³-hybridized carbons (Fsp3) is 0.400. The number of benzene rings is 1. The zero-order valence-electron chi connectivity index (χ0n) is 8.30. The van der Waals surface area contributed by atoms with Crippen LogP contribution in [0.3, 0.4) is 0 Å². The van der Waals surface area contributed by atoms with Crippen LogP contribution >= 0.6 is 0 Å². The topological polar surface area (TPSA) is 41.5 Å². The van der Waals surface area contributed by atoms with Gasteiger partial charge in [-0.3, -0.25) is 0 Å². The number of halogens is 1. The first-order chi connectivity index (χ1) is 6.72. The maximum atomic E-state index is 13.3. The number of hydrogen-bond donors (Lipinski definition) is 2. The van der Waals surface area contributed by atoms with Crippen molar-refractivity contribution >= 4 is 0 Å². The van der Waals surface area contributed by atoms with Crippen molar-refractivity contribution in [2.75, 3.05) is 7.11 Å². The molecule has 0 spiro atoms. The third-order valence-electron chi connectivity index (χ3n) is 2.10. The molecule has 0 aromatic heterocycles. The van der Waals surface area contributed by atoms with E-state index in [-0.39, 0.29) is 12.4 Å². The van der Waals surface area contributed by atoms with Crippen molar-refractivity contribution in [2.24, 2.45) is 0 Å². The van der Waals surface area contributed by atoms with E-state index in [4.69, 9.17) is 9.94 Å². The van der Waals surface area contributed by atoms with E-state index in [1.165, 1.54) is 13.2 Å². The van der Waals surface area contributed by atoms with Gasteiger partial charge >= 0.3 is 0 Å². The first-order valence-electron chi connectivity index (χ1n) is 4.45. The molecule has 0 aliphatic carbocycles. The molecule has 0 aliphatic heterocycles. The van der Waals surface area contributed by atoms with Gasteiger partial charge in [-0.05, 0) is 18.1 Å². The number of ether oxygens (including phenoxy) is 1. The van der Waals surface area contributed by atoms with E-state index in [0.717, 1.165) is 5.56 Å². The number of nitrogens with one attached hydrogen (secondary N) is 1. The molecular weight excluding hydrogens is 185 g/mol. The summed E-state index contributed by atoms with van der Waals surface area (Å²) in [4.78, 5) is 0. The van der Waals surface area contributed by atoms with Gasteiger partial charge in [-0.2, -0.15) is 0 Å². The fourth-order valence-corrected chi connectivity index (χ4v) is 1.34. The molecule has 3 nitrogen and oxygen atoms in total. The summed E-state index contributed by atoms with van der Waals surface area (Å²) >= 11 is 0. The molecule has 0 saturated heterocycles. The summed E-state index contributed by atoms with van der Waals surface area (Å²) in [5.41, 5.74) is 3.39. The number of hydroxylamine groups is 1. The summed E-state index contributed by atoms with van der Waals surface area (Å²) in [5, 5.41) is 8.57. The Kier molecular flexibility index (Phi) is 3.85. The third-order valence-corrected chi connectivity index (χ3v) is 2.10. The lowest BCUT2D eigenvalue weighted by Gasteiger charge is -2.10. The van der Waals surface area contributed by atoms with Crippen molar-refractivity contribution in [3.63, 3.8) is 0 Å². The highest BCUT2D eigenvalue weighted by Crippen LogP contribution is 2.23. The minimum Gasteiger partial charge on any atom is -0.496 e. The van der Waals surface area contributed by atoms with E-state index in [2.05, 4.69) is 0 Å². The van der Waals surface area contributed by atoms with Crippen LogP contribution in [-0.4, -0.2) is 12.3 Å². The number of rotatable bonds is 4. The molecule has 0 aliphatic rings. The van der Waals surface area contributed by atoms with Crippen LogP contribution in [0.25, 0.3) is 0 Å². The van der Waals surface area contributed by atoms with Gasteiger partial charge in [0, 0.05) is 18.2 Å². The Balaban J connectivity index is 3.11. The average Bonchev–Trinajstić information content (AvgIpc) is 2.20. The van der Waals surface area contributed by atoms with Gasteiger partial charge in [0.2, 0.25) is 0 Å². The molecule has 0 bridgehead atoms. The van der Waals surface area contributed by atoms with Crippen LogP contribution in [0.1, 0.15) is 18.1 Å². The molecule has 4 heteroatoms. The zero-order valence-corrected chi connectivity index (χ0v) is 8.30. The fourth-order valence-electron chi connectivity index (χ4n) is 1.34. The van der Waals surface area contributed by atoms with Crippen LogP contribution in [0.4, 0.5) is 4.39 Å². The Morgan fingerprint density at radius 2 is 2.14 bits per heavy atom. The highest BCUT2D eigenvalue weighted by molar-refractivity contribution is 5.38. The summed E-state index contributed by atoms with van der Waals surface area (Å²) in [7, 11) is 1.47. The molecule has 0 amide bonds. The molecule has 0 radical (unpaired) electrons. The van der Waals surface area contributed by atoms with Crippen molar-refractivity contribution in [3.05, 3.63) is 29.1 Å². The number of methoxy groups -OCH3 is 1. The second-order valence-corrected chi connectivity index (χ2v) is 2.94. The lowest BCUT2D eigenvalue weighted by atomic mass is 10.1. The van der Waals surface area contributed by atoms with Crippen LogP contribution in [-0.2, 0) is 13.0 Å². The van der Waals surface area contributed by atoms with Crippen molar-refractivity contribution in [1.82, 2.24) is 5.48 Å². The van der Waals surface area contributed by atoms with Gasteiger partial charge in [-0.25, -0.2) is 9.87 Å². The Morgan fingerprint density at radius 3 is 2.64 bits per heavy atom. The molecule has 0 saturated carbocycles. The highest BCUT2D eigenvalue weighted by atomic mass is 19.1. The van der Waals surface area contributed by atoms with Gasteiger partial charge in [0.25, 0.3) is 0 Å². The molecule has 1 aromatic carbocycles. The van der Waals surface area contributed by atoms with Crippen molar-refractivity contribution in [1.29, 1.82) is 0 Å². The van der Waals surface area contributed by atoms with Crippen LogP contribution in [0, 0.1) is 5.82 Å². The lowest BCUT2D eigenvalue weighted by molar-refractivity contribution is 0.160. The molecule has 2 N–H and O–H groups in total. The smallest absolute Gasteiger partial charge is 0.130 e. The maximum absolute atomic E-state index is 13.3. The van der Waals surface area contributed by atoms with Gasteiger partial charge in [0.05, 0.1) is 7.11 Å². The largest absolute Gasteiger partial charge is 0.496 e. The highest BCUT2D eigenvalue weighted by Gasteiger charge is 2.08. The Hall–Kier alpha value is -1.13. The van der Waals surface area contributed by atoms with E-state index in [1.807, 2.05) is 12.4 Å². The summed E-state index contributed by atoms with van der Waals surface area (Å²) in [5.74, 6) is 0.173. The Morgan fingerprint density at radius 1 is 1.43 bits per heavy atom. The number of hydrogen-bond acceptors (Lipinski definition) is 3. The molecule has 0 unspecified atom stereocenters. The normalized spacial score (nSPS) is 10.3. The standard InChI is InChI=1S/C10H14FNO2/c1-3-7-4-8(6-12-13)10(14-2)5-9(7)11/h4-5,12-13H,3,6H2,1-2H3. The Bertz CT molecular complexity index is 315. The van der Waals surface area contributed by atoms with E-state index >= 15 is 0 Å². The van der Waals surface area contributed by atoms with Crippen LogP contribution < -0.4 is 10.2 Å². The van der Waals surface area contributed by atoms with Crippen molar-refractivity contribution < 1.29 is 14.3 Å². The number of aryl methyl sites for hydroxylation is 1. The zero-order chi connectivity index (χ0) is 10.6. The van der Waals surface area contributed by atoms with Crippen LogP contribution in [0.15, 0.2) is 12.1 Å². The molecule has 14 heavy (non-hydrogen) atoms. The molecule has 1 aromatic rings. The van der Waals surface area contributed by atoms with Crippen LogP contribution in [0.5, 0.6) is 5.75 Å². The van der Waals surface area contributed by atoms with Gasteiger partial charge in [0.15, 0.2) is 0 Å². The predicted octanol–water partition coefficient (Wildman–Crippen LogP) is 1.88. The summed E-state index contributed by atoms with van der Waals surface area (Å²) in [6, 6.07) is 3.03. The molecule has 0 fully saturated rings. The molecule has 78 valence electrons. The predicted molar refractivity (Wildman–Crippen MR) is 51.0 cm³/mol. The maximum Gasteiger partial charge on any atom is 0.130 e. The van der Waals surface area contributed by atoms with Gasteiger partial charge in [-0.15, -0.1) is 0 Å². The van der Waals surface area contributed by atoms with Crippen molar-refractivity contribution in [2.45, 2.75) is 19.9 Å². The molecular formula is C10H14FNO2. The summed E-state index contributed by atoms with van der Waals surface area (Å²) in [6.07, 6.45) is 0.619. The van der Waals surface area contributed by atoms with Crippen LogP contribution in [0.2, 0.25) is 0 Å². The summed E-state index contributed by atoms with van der Waals surface area (Å²) in [6.45, 7) is 2.12. The van der Waals surface area contributed by atoms with Crippen molar-refractivity contribution in [3.8, 4) is 5.75 Å². The second kappa shape index (κ2) is 4.93. The van der Waals surface area contributed by atoms with Gasteiger partial charge in [0.1, 0.15) is 11.6 Å².